The number of aryl methyl sites for hydroxylation is 1. The van der Waals surface area contributed by atoms with E-state index < -0.39 is 0 Å². The normalized spacial score (nSPS) is 27.2. The van der Waals surface area contributed by atoms with Crippen LogP contribution in [-0.2, 0) is 4.74 Å². The maximum atomic E-state index is 5.90. The van der Waals surface area contributed by atoms with E-state index in [1.807, 2.05) is 13.0 Å². The Hall–Kier alpha value is -1.40. The average molecular weight is 263 g/mol. The van der Waals surface area contributed by atoms with Gasteiger partial charge in [-0.05, 0) is 26.3 Å². The van der Waals surface area contributed by atoms with Crippen LogP contribution in [0.4, 0.5) is 11.8 Å². The third-order valence-electron chi connectivity index (χ3n) is 3.84. The molecule has 2 fully saturated rings. The van der Waals surface area contributed by atoms with Crippen LogP contribution in [-0.4, -0.2) is 53.3 Å². The van der Waals surface area contributed by atoms with E-state index in [0.29, 0.717) is 12.0 Å². The number of nitrogens with two attached hydrogens (primary N) is 1. The summed E-state index contributed by atoms with van der Waals surface area (Å²) in [5, 5.41) is 3.29. The van der Waals surface area contributed by atoms with Gasteiger partial charge in [0.15, 0.2) is 0 Å². The number of fused-ring (bicyclic) bond motifs is 1. The van der Waals surface area contributed by atoms with E-state index in [0.717, 1.165) is 31.2 Å². The lowest BCUT2D eigenvalue weighted by Crippen LogP contribution is -2.48. The molecule has 104 valence electrons. The zero-order valence-electron chi connectivity index (χ0n) is 11.3. The molecule has 6 heteroatoms. The lowest BCUT2D eigenvalue weighted by Gasteiger charge is -2.35. The SMILES string of the molecule is Cc1cc(NCC2CN3CCCC3CO2)nc(N)n1. The van der Waals surface area contributed by atoms with Crippen molar-refractivity contribution in [3.63, 3.8) is 0 Å². The standard InChI is InChI=1S/C13H21N5O/c1-9-5-12(17-13(14)16-9)15-6-11-7-18-4-2-3-10(18)8-19-11/h5,10-11H,2-4,6-8H2,1H3,(H3,14,15,16,17). The summed E-state index contributed by atoms with van der Waals surface area (Å²) < 4.78 is 5.90. The number of rotatable bonds is 3. The van der Waals surface area contributed by atoms with Gasteiger partial charge in [0.25, 0.3) is 0 Å². The predicted octanol–water partition coefficient (Wildman–Crippen LogP) is 0.642. The maximum Gasteiger partial charge on any atom is 0.222 e. The molecule has 6 nitrogen and oxygen atoms in total. The van der Waals surface area contributed by atoms with Crippen molar-refractivity contribution in [2.24, 2.45) is 0 Å². The molecule has 0 amide bonds. The zero-order valence-corrected chi connectivity index (χ0v) is 11.3. The van der Waals surface area contributed by atoms with E-state index in [4.69, 9.17) is 10.5 Å². The van der Waals surface area contributed by atoms with E-state index in [1.165, 1.54) is 19.4 Å². The van der Waals surface area contributed by atoms with Crippen molar-refractivity contribution in [3.8, 4) is 0 Å². The number of nitrogens with one attached hydrogen (secondary N) is 1. The molecule has 3 N–H and O–H groups in total. The van der Waals surface area contributed by atoms with Crippen molar-refractivity contribution >= 4 is 11.8 Å². The summed E-state index contributed by atoms with van der Waals surface area (Å²) in [5.74, 6) is 1.09. The minimum Gasteiger partial charge on any atom is -0.373 e. The van der Waals surface area contributed by atoms with Gasteiger partial charge in [-0.2, -0.15) is 4.98 Å². The zero-order chi connectivity index (χ0) is 13.2. The molecule has 2 aliphatic heterocycles. The minimum absolute atomic E-state index is 0.228. The fraction of sp³-hybridized carbons (Fsp3) is 0.692. The van der Waals surface area contributed by atoms with Gasteiger partial charge in [-0.15, -0.1) is 0 Å². The van der Waals surface area contributed by atoms with Crippen molar-refractivity contribution < 1.29 is 4.74 Å². The highest BCUT2D eigenvalue weighted by Crippen LogP contribution is 2.22. The highest BCUT2D eigenvalue weighted by atomic mass is 16.5. The smallest absolute Gasteiger partial charge is 0.222 e. The molecule has 1 aromatic heterocycles. The molecule has 0 spiro atoms. The van der Waals surface area contributed by atoms with Crippen molar-refractivity contribution in [2.75, 3.05) is 37.3 Å². The Labute approximate surface area is 113 Å². The molecule has 0 bridgehead atoms. The van der Waals surface area contributed by atoms with Gasteiger partial charge in [0.05, 0.1) is 12.7 Å². The Kier molecular flexibility index (Phi) is 3.52. The first kappa shape index (κ1) is 12.6. The quantitative estimate of drug-likeness (QED) is 0.833. The lowest BCUT2D eigenvalue weighted by molar-refractivity contribution is -0.0416. The molecule has 3 heterocycles. The topological polar surface area (TPSA) is 76.3 Å². The largest absolute Gasteiger partial charge is 0.373 e. The van der Waals surface area contributed by atoms with Crippen LogP contribution in [0.15, 0.2) is 6.07 Å². The molecular weight excluding hydrogens is 242 g/mol. The van der Waals surface area contributed by atoms with Gasteiger partial charge in [0, 0.05) is 30.9 Å². The first-order valence-corrected chi connectivity index (χ1v) is 6.91. The molecule has 0 radical (unpaired) electrons. The Morgan fingerprint density at radius 1 is 1.53 bits per heavy atom. The number of aromatic nitrogens is 2. The third-order valence-corrected chi connectivity index (χ3v) is 3.84. The van der Waals surface area contributed by atoms with Crippen LogP contribution in [0.5, 0.6) is 0 Å². The molecule has 0 aromatic carbocycles. The second kappa shape index (κ2) is 5.30. The van der Waals surface area contributed by atoms with Gasteiger partial charge in [-0.25, -0.2) is 4.98 Å². The lowest BCUT2D eigenvalue weighted by atomic mass is 10.2. The average Bonchev–Trinajstić information content (AvgIpc) is 2.82. The van der Waals surface area contributed by atoms with Crippen LogP contribution >= 0.6 is 0 Å². The number of nitrogens with zero attached hydrogens (tertiary/aromatic N) is 3. The van der Waals surface area contributed by atoms with Crippen LogP contribution in [0, 0.1) is 6.92 Å². The molecule has 2 saturated heterocycles. The molecule has 0 aliphatic carbocycles. The summed E-state index contributed by atoms with van der Waals surface area (Å²) >= 11 is 0. The molecular formula is C13H21N5O. The van der Waals surface area contributed by atoms with E-state index >= 15 is 0 Å². The van der Waals surface area contributed by atoms with Crippen molar-refractivity contribution in [2.45, 2.75) is 31.9 Å². The molecule has 2 aliphatic rings. The van der Waals surface area contributed by atoms with Crippen molar-refractivity contribution in [1.29, 1.82) is 0 Å². The van der Waals surface area contributed by atoms with Gasteiger partial charge in [0.2, 0.25) is 5.95 Å². The number of ether oxygens (including phenoxy) is 1. The van der Waals surface area contributed by atoms with Gasteiger partial charge < -0.3 is 15.8 Å². The van der Waals surface area contributed by atoms with E-state index in [-0.39, 0.29) is 6.10 Å². The highest BCUT2D eigenvalue weighted by molar-refractivity contribution is 5.40. The van der Waals surface area contributed by atoms with Gasteiger partial charge in [-0.1, -0.05) is 0 Å². The first-order chi connectivity index (χ1) is 9.20. The summed E-state index contributed by atoms with van der Waals surface area (Å²) in [5.41, 5.74) is 6.51. The molecule has 19 heavy (non-hydrogen) atoms. The summed E-state index contributed by atoms with van der Waals surface area (Å²) in [7, 11) is 0. The van der Waals surface area contributed by atoms with Crippen LogP contribution in [0.1, 0.15) is 18.5 Å². The van der Waals surface area contributed by atoms with E-state index in [2.05, 4.69) is 20.2 Å². The number of hydrogen-bond acceptors (Lipinski definition) is 6. The molecule has 0 saturated carbocycles. The number of nitrogen functional groups attached to an aromatic ring is 1. The Morgan fingerprint density at radius 3 is 3.26 bits per heavy atom. The first-order valence-electron chi connectivity index (χ1n) is 6.91. The molecule has 3 rings (SSSR count). The third kappa shape index (κ3) is 2.96. The Balaban J connectivity index is 1.54. The van der Waals surface area contributed by atoms with Crippen molar-refractivity contribution in [3.05, 3.63) is 11.8 Å². The second-order valence-corrected chi connectivity index (χ2v) is 5.38. The van der Waals surface area contributed by atoms with Crippen LogP contribution in [0.2, 0.25) is 0 Å². The van der Waals surface area contributed by atoms with Gasteiger partial charge >= 0.3 is 0 Å². The predicted molar refractivity (Wildman–Crippen MR) is 74.0 cm³/mol. The highest BCUT2D eigenvalue weighted by Gasteiger charge is 2.31. The van der Waals surface area contributed by atoms with Gasteiger partial charge in [0.1, 0.15) is 5.82 Å². The monoisotopic (exact) mass is 263 g/mol. The Morgan fingerprint density at radius 2 is 2.42 bits per heavy atom. The number of hydrogen-bond donors (Lipinski definition) is 2. The van der Waals surface area contributed by atoms with Gasteiger partial charge in [-0.3, -0.25) is 4.90 Å². The molecule has 1 aromatic rings. The molecule has 2 unspecified atom stereocenters. The number of morpholine rings is 1. The fourth-order valence-corrected chi connectivity index (χ4v) is 2.91. The molecule has 2 atom stereocenters. The maximum absolute atomic E-state index is 5.90. The minimum atomic E-state index is 0.228. The van der Waals surface area contributed by atoms with E-state index in [9.17, 15) is 0 Å². The summed E-state index contributed by atoms with van der Waals surface area (Å²) in [6.45, 7) is 5.76. The van der Waals surface area contributed by atoms with Crippen LogP contribution in [0.3, 0.4) is 0 Å². The van der Waals surface area contributed by atoms with Crippen LogP contribution in [0.25, 0.3) is 0 Å². The number of anilines is 2. The van der Waals surface area contributed by atoms with E-state index in [1.54, 1.807) is 0 Å². The van der Waals surface area contributed by atoms with Crippen molar-refractivity contribution in [1.82, 2.24) is 14.9 Å². The van der Waals surface area contributed by atoms with Crippen LogP contribution < -0.4 is 11.1 Å². The summed E-state index contributed by atoms with van der Waals surface area (Å²) in [6, 6.07) is 2.55. The fourth-order valence-electron chi connectivity index (χ4n) is 2.91. The second-order valence-electron chi connectivity index (χ2n) is 5.38. The summed E-state index contributed by atoms with van der Waals surface area (Å²) in [6.07, 6.45) is 2.81. The Bertz CT molecular complexity index is 432. The summed E-state index contributed by atoms with van der Waals surface area (Å²) in [4.78, 5) is 10.8.